The van der Waals surface area contributed by atoms with Crippen LogP contribution in [0.15, 0.2) is 66.7 Å². The van der Waals surface area contributed by atoms with Crippen molar-refractivity contribution in [3.05, 3.63) is 83.4 Å². The molecule has 0 aliphatic rings. The van der Waals surface area contributed by atoms with E-state index < -0.39 is 17.7 Å². The maximum Gasteiger partial charge on any atom is 0.416 e. The molecule has 3 rings (SSSR count). The van der Waals surface area contributed by atoms with Crippen molar-refractivity contribution in [1.82, 2.24) is 5.32 Å². The molecular weight excluding hydrogens is 379 g/mol. The van der Waals surface area contributed by atoms with E-state index in [9.17, 15) is 18.0 Å². The van der Waals surface area contributed by atoms with Gasteiger partial charge >= 0.3 is 12.1 Å². The third-order valence-electron chi connectivity index (χ3n) is 4.61. The second-order valence-corrected chi connectivity index (χ2v) is 6.96. The molecule has 0 bridgehead atoms. The van der Waals surface area contributed by atoms with E-state index in [-0.39, 0.29) is 12.6 Å². The van der Waals surface area contributed by atoms with Gasteiger partial charge in [-0.2, -0.15) is 13.2 Å². The second-order valence-electron chi connectivity index (χ2n) is 6.96. The lowest BCUT2D eigenvalue weighted by molar-refractivity contribution is -0.137. The molecule has 3 aromatic carbocycles. The van der Waals surface area contributed by atoms with Gasteiger partial charge in [0.1, 0.15) is 6.61 Å². The Bertz CT molecular complexity index is 985. The van der Waals surface area contributed by atoms with Crippen molar-refractivity contribution < 1.29 is 22.7 Å². The van der Waals surface area contributed by atoms with Crippen LogP contribution in [0, 0.1) is 0 Å². The number of rotatable bonds is 7. The molecule has 3 aromatic rings. The van der Waals surface area contributed by atoms with Crippen molar-refractivity contribution in [1.29, 1.82) is 0 Å². The fourth-order valence-electron chi connectivity index (χ4n) is 3.15. The van der Waals surface area contributed by atoms with Gasteiger partial charge in [-0.1, -0.05) is 48.5 Å². The highest BCUT2D eigenvalue weighted by atomic mass is 19.4. The van der Waals surface area contributed by atoms with Gasteiger partial charge in [0.2, 0.25) is 0 Å². The van der Waals surface area contributed by atoms with Crippen LogP contribution in [0.5, 0.6) is 0 Å². The van der Waals surface area contributed by atoms with Crippen molar-refractivity contribution in [3.63, 3.8) is 0 Å². The van der Waals surface area contributed by atoms with Gasteiger partial charge in [0.05, 0.1) is 11.1 Å². The summed E-state index contributed by atoms with van der Waals surface area (Å²) in [5, 5.41) is 5.18. The Labute approximate surface area is 167 Å². The molecule has 0 radical (unpaired) electrons. The summed E-state index contributed by atoms with van der Waals surface area (Å²) in [5.41, 5.74) is 0.445. The van der Waals surface area contributed by atoms with Crippen molar-refractivity contribution in [2.24, 2.45) is 0 Å². The quantitative estimate of drug-likeness (QED) is 0.435. The van der Waals surface area contributed by atoms with Crippen LogP contribution in [0.25, 0.3) is 10.8 Å². The number of ether oxygens (including phenoxy) is 1. The molecule has 0 amide bonds. The standard InChI is InChI=1S/C23H22F3NO2/c1-16(13-17-5-4-8-21(14-17)23(24,25)26)27-11-12-29-22(28)20-10-9-18-6-2-3-7-19(18)15-20/h2-10,14-16,27H,11-13H2,1H3. The second kappa shape index (κ2) is 9.09. The van der Waals surface area contributed by atoms with Gasteiger partial charge < -0.3 is 10.1 Å². The Morgan fingerprint density at radius 2 is 1.76 bits per heavy atom. The molecule has 0 saturated heterocycles. The number of esters is 1. The summed E-state index contributed by atoms with van der Waals surface area (Å²) < 4.78 is 43.7. The SMILES string of the molecule is CC(Cc1cccc(C(F)(F)F)c1)NCCOC(=O)c1ccc2ccccc2c1. The number of benzene rings is 3. The number of carbonyl (C=O) groups is 1. The largest absolute Gasteiger partial charge is 0.461 e. The topological polar surface area (TPSA) is 38.3 Å². The zero-order valence-electron chi connectivity index (χ0n) is 16.0. The normalized spacial score (nSPS) is 12.7. The summed E-state index contributed by atoms with van der Waals surface area (Å²) >= 11 is 0. The number of halogens is 3. The van der Waals surface area contributed by atoms with Crippen LogP contribution >= 0.6 is 0 Å². The summed E-state index contributed by atoms with van der Waals surface area (Å²) in [6.45, 7) is 2.48. The fraction of sp³-hybridized carbons (Fsp3) is 0.261. The van der Waals surface area contributed by atoms with E-state index in [0.717, 1.165) is 22.9 Å². The molecule has 0 aliphatic heterocycles. The van der Waals surface area contributed by atoms with Crippen LogP contribution in [0.2, 0.25) is 0 Å². The van der Waals surface area contributed by atoms with Crippen LogP contribution in [0.4, 0.5) is 13.2 Å². The minimum absolute atomic E-state index is 0.0575. The first kappa shape index (κ1) is 20.9. The predicted molar refractivity (Wildman–Crippen MR) is 107 cm³/mol. The highest BCUT2D eigenvalue weighted by Crippen LogP contribution is 2.29. The number of hydrogen-bond donors (Lipinski definition) is 1. The first-order valence-corrected chi connectivity index (χ1v) is 9.38. The zero-order valence-corrected chi connectivity index (χ0v) is 16.0. The minimum atomic E-state index is -4.34. The van der Waals surface area contributed by atoms with E-state index >= 15 is 0 Å². The summed E-state index contributed by atoms with van der Waals surface area (Å²) in [5.74, 6) is -0.400. The lowest BCUT2D eigenvalue weighted by Gasteiger charge is -2.15. The smallest absolute Gasteiger partial charge is 0.416 e. The fourth-order valence-corrected chi connectivity index (χ4v) is 3.15. The highest BCUT2D eigenvalue weighted by Gasteiger charge is 2.30. The lowest BCUT2D eigenvalue weighted by Crippen LogP contribution is -2.31. The zero-order chi connectivity index (χ0) is 20.9. The summed E-state index contributed by atoms with van der Waals surface area (Å²) in [6, 6.07) is 18.4. The molecule has 1 unspecified atom stereocenters. The number of alkyl halides is 3. The van der Waals surface area contributed by atoms with Gasteiger partial charge in [-0.15, -0.1) is 0 Å². The van der Waals surface area contributed by atoms with Crippen LogP contribution < -0.4 is 5.32 Å². The van der Waals surface area contributed by atoms with Gasteiger partial charge in [-0.3, -0.25) is 0 Å². The van der Waals surface area contributed by atoms with E-state index in [0.29, 0.717) is 24.1 Å². The molecule has 0 fully saturated rings. The van der Waals surface area contributed by atoms with Crippen LogP contribution in [-0.4, -0.2) is 25.2 Å². The Hall–Kier alpha value is -2.86. The first-order valence-electron chi connectivity index (χ1n) is 9.38. The van der Waals surface area contributed by atoms with Crippen molar-refractivity contribution in [3.8, 4) is 0 Å². The molecule has 0 aliphatic carbocycles. The third-order valence-corrected chi connectivity index (χ3v) is 4.61. The molecule has 0 saturated carbocycles. The minimum Gasteiger partial charge on any atom is -0.461 e. The molecule has 29 heavy (non-hydrogen) atoms. The van der Waals surface area contributed by atoms with E-state index in [2.05, 4.69) is 5.32 Å². The van der Waals surface area contributed by atoms with E-state index in [1.807, 2.05) is 37.3 Å². The van der Waals surface area contributed by atoms with Gasteiger partial charge in [-0.25, -0.2) is 4.79 Å². The monoisotopic (exact) mass is 401 g/mol. The Kier molecular flexibility index (Phi) is 6.54. The number of hydrogen-bond acceptors (Lipinski definition) is 3. The number of nitrogens with one attached hydrogen (secondary N) is 1. The Morgan fingerprint density at radius 3 is 2.52 bits per heavy atom. The van der Waals surface area contributed by atoms with Crippen LogP contribution in [-0.2, 0) is 17.3 Å². The predicted octanol–water partition coefficient (Wildman–Crippen LogP) is 5.24. The molecular formula is C23H22F3NO2. The maximum atomic E-state index is 12.8. The lowest BCUT2D eigenvalue weighted by atomic mass is 10.0. The number of fused-ring (bicyclic) bond motifs is 1. The first-order chi connectivity index (χ1) is 13.8. The molecule has 152 valence electrons. The van der Waals surface area contributed by atoms with Crippen LogP contribution in [0.1, 0.15) is 28.4 Å². The molecule has 0 aromatic heterocycles. The molecule has 1 N–H and O–H groups in total. The molecule has 0 heterocycles. The maximum absolute atomic E-state index is 12.8. The molecule has 6 heteroatoms. The third kappa shape index (κ3) is 5.81. The summed E-state index contributed by atoms with van der Waals surface area (Å²) in [4.78, 5) is 12.2. The number of carbonyl (C=O) groups excluding carboxylic acids is 1. The average Bonchev–Trinajstić information content (AvgIpc) is 2.70. The molecule has 1 atom stereocenters. The van der Waals surface area contributed by atoms with E-state index in [1.54, 1.807) is 18.2 Å². The van der Waals surface area contributed by atoms with E-state index in [1.165, 1.54) is 6.07 Å². The van der Waals surface area contributed by atoms with Gasteiger partial charge in [0.25, 0.3) is 0 Å². The summed E-state index contributed by atoms with van der Waals surface area (Å²) in [7, 11) is 0. The average molecular weight is 401 g/mol. The molecule has 0 spiro atoms. The van der Waals surface area contributed by atoms with Gasteiger partial charge in [0.15, 0.2) is 0 Å². The van der Waals surface area contributed by atoms with Gasteiger partial charge in [-0.05, 0) is 47.9 Å². The van der Waals surface area contributed by atoms with Crippen molar-refractivity contribution >= 4 is 16.7 Å². The van der Waals surface area contributed by atoms with Gasteiger partial charge in [0, 0.05) is 12.6 Å². The Morgan fingerprint density at radius 1 is 1.00 bits per heavy atom. The van der Waals surface area contributed by atoms with Crippen molar-refractivity contribution in [2.45, 2.75) is 25.6 Å². The Balaban J connectivity index is 1.45. The highest BCUT2D eigenvalue weighted by molar-refractivity contribution is 5.95. The van der Waals surface area contributed by atoms with Crippen molar-refractivity contribution in [2.75, 3.05) is 13.2 Å². The van der Waals surface area contributed by atoms with Crippen LogP contribution in [0.3, 0.4) is 0 Å². The van der Waals surface area contributed by atoms with E-state index in [4.69, 9.17) is 4.74 Å². The molecule has 3 nitrogen and oxygen atoms in total. The summed E-state index contributed by atoms with van der Waals surface area (Å²) in [6.07, 6.45) is -3.90.